The van der Waals surface area contributed by atoms with Gasteiger partial charge in [0.05, 0.1) is 17.5 Å². The second kappa shape index (κ2) is 14.6. The van der Waals surface area contributed by atoms with Gasteiger partial charge in [-0.3, -0.25) is 4.79 Å². The van der Waals surface area contributed by atoms with Crippen molar-refractivity contribution in [3.8, 4) is 17.6 Å². The van der Waals surface area contributed by atoms with E-state index in [4.69, 9.17) is 25.8 Å². The number of fused-ring (bicyclic) bond motifs is 3. The molecule has 1 amide bonds. The van der Waals surface area contributed by atoms with Crippen molar-refractivity contribution in [1.82, 2.24) is 4.72 Å². The maximum atomic E-state index is 13.3. The predicted molar refractivity (Wildman–Crippen MR) is 187 cm³/mol. The third kappa shape index (κ3) is 7.36. The third-order valence-corrected chi connectivity index (χ3v) is 12.0. The molecule has 47 heavy (non-hydrogen) atoms. The van der Waals surface area contributed by atoms with Crippen LogP contribution in [-0.2, 0) is 31.3 Å². The number of amides is 1. The molecule has 5 rings (SSSR count). The van der Waals surface area contributed by atoms with Crippen molar-refractivity contribution in [1.29, 1.82) is 0 Å². The fourth-order valence-electron chi connectivity index (χ4n) is 7.26. The summed E-state index contributed by atoms with van der Waals surface area (Å²) in [6.45, 7) is 7.35. The Morgan fingerprint density at radius 2 is 2.04 bits per heavy atom. The second-order valence-corrected chi connectivity index (χ2v) is 16.0. The molecule has 10 heteroatoms. The minimum absolute atomic E-state index is 0.142. The van der Waals surface area contributed by atoms with Crippen LogP contribution in [0.5, 0.6) is 5.75 Å². The number of carbonyl (C=O) groups is 1. The number of anilines is 1. The molecule has 1 spiro atoms. The SMILES string of the molecule is CC/C=C/[C@@](C#CCOC)(OC)[C@@H]1CC[C@H]1CN1C[C@@]2(CCCc3cc(Cl)ccc32)COc2ccc(C(=O)NS(=O)(=O)C(C)C)cc21. The van der Waals surface area contributed by atoms with E-state index in [-0.39, 0.29) is 22.8 Å². The predicted octanol–water partition coefficient (Wildman–Crippen LogP) is 6.31. The average molecular weight is 683 g/mol. The van der Waals surface area contributed by atoms with E-state index in [2.05, 4.69) is 52.7 Å². The molecule has 3 aliphatic rings. The molecule has 1 heterocycles. The smallest absolute Gasteiger partial charge is 0.264 e. The van der Waals surface area contributed by atoms with Crippen LogP contribution in [0.25, 0.3) is 0 Å². The van der Waals surface area contributed by atoms with Crippen LogP contribution in [0, 0.1) is 23.7 Å². The highest BCUT2D eigenvalue weighted by molar-refractivity contribution is 7.90. The lowest BCUT2D eigenvalue weighted by Crippen LogP contribution is -2.52. The molecule has 8 nitrogen and oxygen atoms in total. The first-order valence-electron chi connectivity index (χ1n) is 16.6. The second-order valence-electron chi connectivity index (χ2n) is 13.3. The highest BCUT2D eigenvalue weighted by Crippen LogP contribution is 2.48. The number of methoxy groups -OCH3 is 2. The van der Waals surface area contributed by atoms with Crippen LogP contribution in [0.15, 0.2) is 48.6 Å². The maximum absolute atomic E-state index is 13.3. The molecule has 2 aromatic rings. The topological polar surface area (TPSA) is 94.2 Å². The van der Waals surface area contributed by atoms with Crippen LogP contribution < -0.4 is 14.4 Å². The van der Waals surface area contributed by atoms with Crippen molar-refractivity contribution in [3.05, 3.63) is 70.3 Å². The molecule has 1 fully saturated rings. The Morgan fingerprint density at radius 1 is 1.23 bits per heavy atom. The largest absolute Gasteiger partial charge is 0.490 e. The van der Waals surface area contributed by atoms with Gasteiger partial charge in [0.15, 0.2) is 0 Å². The fraction of sp³-hybridized carbons (Fsp3) is 0.541. The molecular formula is C37H47ClN2O6S. The van der Waals surface area contributed by atoms with Gasteiger partial charge in [-0.15, -0.1) is 0 Å². The summed E-state index contributed by atoms with van der Waals surface area (Å²) < 4.78 is 45.4. The fourth-order valence-corrected chi connectivity index (χ4v) is 8.07. The van der Waals surface area contributed by atoms with Crippen molar-refractivity contribution in [2.45, 2.75) is 75.6 Å². The first-order chi connectivity index (χ1) is 22.5. The van der Waals surface area contributed by atoms with Gasteiger partial charge >= 0.3 is 0 Å². The van der Waals surface area contributed by atoms with Crippen LogP contribution in [0.3, 0.4) is 0 Å². The molecule has 0 unspecified atom stereocenters. The van der Waals surface area contributed by atoms with Crippen molar-refractivity contribution >= 4 is 33.2 Å². The van der Waals surface area contributed by atoms with E-state index in [0.717, 1.165) is 49.2 Å². The van der Waals surface area contributed by atoms with Gasteiger partial charge < -0.3 is 19.1 Å². The number of allylic oxidation sites excluding steroid dienone is 1. The molecule has 0 bridgehead atoms. The first kappa shape index (κ1) is 35.3. The molecule has 2 aromatic carbocycles. The lowest BCUT2D eigenvalue weighted by molar-refractivity contribution is -0.0351. The standard InChI is InChI=1S/C37H47ClN2O6S/c1-6-7-18-37(45-5,19-9-20-44-4)32-14-11-29(32)23-40-24-36(17-8-10-27-21-30(38)13-15-31(27)36)25-46-34-16-12-28(22-33(34)40)35(41)39-47(42,43)26(2)3/h7,12-13,15-16,18,21-22,26,29,32H,6,8,10-11,14,17,20,23-25H2,1-5H3,(H,39,41)/b18-7+/t29-,32+,36-,37-/m0/s1. The van der Waals surface area contributed by atoms with E-state index in [1.165, 1.54) is 11.1 Å². The van der Waals surface area contributed by atoms with Gasteiger partial charge in [-0.25, -0.2) is 13.1 Å². The Labute approximate surface area is 285 Å². The number of hydrogen-bond acceptors (Lipinski definition) is 7. The number of nitrogens with one attached hydrogen (secondary N) is 1. The van der Waals surface area contributed by atoms with Crippen molar-refractivity contribution in [2.75, 3.05) is 45.4 Å². The number of carbonyl (C=O) groups excluding carboxylic acids is 1. The lowest BCUT2D eigenvalue weighted by Gasteiger charge is -2.48. The van der Waals surface area contributed by atoms with Gasteiger partial charge in [0, 0.05) is 49.2 Å². The molecule has 2 aliphatic carbocycles. The number of sulfonamides is 1. The van der Waals surface area contributed by atoms with Crippen LogP contribution in [-0.4, -0.2) is 65.7 Å². The molecule has 254 valence electrons. The normalized spacial score (nSPS) is 23.5. The van der Waals surface area contributed by atoms with Gasteiger partial charge in [0.2, 0.25) is 10.0 Å². The molecule has 0 aromatic heterocycles. The Kier molecular flexibility index (Phi) is 11.0. The van der Waals surface area contributed by atoms with Gasteiger partial charge in [-0.2, -0.15) is 0 Å². The number of nitrogens with zero attached hydrogens (tertiary/aromatic N) is 1. The number of ether oxygens (including phenoxy) is 3. The number of halogens is 1. The summed E-state index contributed by atoms with van der Waals surface area (Å²) in [6, 6.07) is 11.4. The van der Waals surface area contributed by atoms with E-state index in [1.54, 1.807) is 46.3 Å². The third-order valence-electron chi connectivity index (χ3n) is 10.0. The van der Waals surface area contributed by atoms with E-state index in [9.17, 15) is 13.2 Å². The van der Waals surface area contributed by atoms with Crippen molar-refractivity contribution < 1.29 is 27.4 Å². The first-order valence-corrected chi connectivity index (χ1v) is 18.5. The summed E-state index contributed by atoms with van der Waals surface area (Å²) in [7, 11) is -0.444. The zero-order chi connectivity index (χ0) is 33.8. The van der Waals surface area contributed by atoms with Crippen molar-refractivity contribution in [3.63, 3.8) is 0 Å². The quantitative estimate of drug-likeness (QED) is 0.232. The summed E-state index contributed by atoms with van der Waals surface area (Å²) in [4.78, 5) is 15.6. The average Bonchev–Trinajstić information content (AvgIpc) is 3.18. The van der Waals surface area contributed by atoms with Gasteiger partial charge in [0.25, 0.3) is 5.91 Å². The molecule has 4 atom stereocenters. The van der Waals surface area contributed by atoms with E-state index in [1.807, 2.05) is 6.07 Å². The number of benzene rings is 2. The molecular weight excluding hydrogens is 636 g/mol. The Bertz CT molecular complexity index is 1660. The van der Waals surface area contributed by atoms with Crippen LogP contribution in [0.2, 0.25) is 5.02 Å². The zero-order valence-electron chi connectivity index (χ0n) is 28.1. The minimum Gasteiger partial charge on any atom is -0.490 e. The lowest BCUT2D eigenvalue weighted by atomic mass is 9.64. The van der Waals surface area contributed by atoms with Gasteiger partial charge in [0.1, 0.15) is 18.0 Å². The van der Waals surface area contributed by atoms with E-state index < -0.39 is 26.8 Å². The summed E-state index contributed by atoms with van der Waals surface area (Å²) in [6.07, 6.45) is 9.98. The van der Waals surface area contributed by atoms with Crippen molar-refractivity contribution in [2.24, 2.45) is 11.8 Å². The number of rotatable bonds is 10. The minimum atomic E-state index is -3.80. The van der Waals surface area contributed by atoms with Gasteiger partial charge in [-0.05, 0) is 106 Å². The highest BCUT2D eigenvalue weighted by Gasteiger charge is 2.48. The van der Waals surface area contributed by atoms with Crippen LogP contribution in [0.4, 0.5) is 5.69 Å². The molecule has 0 radical (unpaired) electrons. The molecule has 0 saturated heterocycles. The molecule has 1 N–H and O–H groups in total. The Hall–Kier alpha value is -3.03. The van der Waals surface area contributed by atoms with E-state index in [0.29, 0.717) is 32.1 Å². The monoisotopic (exact) mass is 682 g/mol. The van der Waals surface area contributed by atoms with Crippen LogP contribution in [0.1, 0.15) is 74.4 Å². The Morgan fingerprint density at radius 3 is 2.72 bits per heavy atom. The molecule has 1 aliphatic heterocycles. The van der Waals surface area contributed by atoms with Gasteiger partial charge in [-0.1, -0.05) is 42.5 Å². The summed E-state index contributed by atoms with van der Waals surface area (Å²) in [5.41, 5.74) is 2.50. The number of hydrogen-bond donors (Lipinski definition) is 1. The number of aryl methyl sites for hydroxylation is 1. The summed E-state index contributed by atoms with van der Waals surface area (Å²) in [5.74, 6) is 6.95. The maximum Gasteiger partial charge on any atom is 0.264 e. The van der Waals surface area contributed by atoms with E-state index >= 15 is 0 Å². The summed E-state index contributed by atoms with van der Waals surface area (Å²) >= 11 is 6.44. The highest BCUT2D eigenvalue weighted by atomic mass is 35.5. The Balaban J connectivity index is 1.55. The van der Waals surface area contributed by atoms with Crippen LogP contribution >= 0.6 is 11.6 Å². The summed E-state index contributed by atoms with van der Waals surface area (Å²) in [5, 5.41) is -0.0115. The zero-order valence-corrected chi connectivity index (χ0v) is 29.7. The molecule has 1 saturated carbocycles.